The van der Waals surface area contributed by atoms with Gasteiger partial charge in [-0.15, -0.1) is 6.42 Å². The molecule has 0 saturated carbocycles. The van der Waals surface area contributed by atoms with E-state index in [0.717, 1.165) is 5.56 Å². The molecule has 0 bridgehead atoms. The average Bonchev–Trinajstić information content (AvgIpc) is 2.21. The molecule has 0 aliphatic rings. The quantitative estimate of drug-likeness (QED) is 0.756. The van der Waals surface area contributed by atoms with Gasteiger partial charge < -0.3 is 10.4 Å². The summed E-state index contributed by atoms with van der Waals surface area (Å²) < 4.78 is 0. The molecule has 16 heavy (non-hydrogen) atoms. The fourth-order valence-corrected chi connectivity index (χ4v) is 1.18. The molecule has 2 N–H and O–H groups in total. The van der Waals surface area contributed by atoms with Crippen LogP contribution in [-0.2, 0) is 4.79 Å². The van der Waals surface area contributed by atoms with Crippen molar-refractivity contribution >= 4 is 17.6 Å². The Bertz CT molecular complexity index is 472. The van der Waals surface area contributed by atoms with Crippen LogP contribution in [0.4, 0.5) is 5.69 Å². The number of hydrogen-bond acceptors (Lipinski definition) is 2. The molecule has 0 fully saturated rings. The van der Waals surface area contributed by atoms with Crippen LogP contribution in [0.2, 0.25) is 0 Å². The second-order valence-corrected chi connectivity index (χ2v) is 3.26. The largest absolute Gasteiger partial charge is 0.478 e. The van der Waals surface area contributed by atoms with Crippen molar-refractivity contribution in [1.29, 1.82) is 0 Å². The average molecular weight is 217 g/mol. The number of carboxylic acids is 1. The summed E-state index contributed by atoms with van der Waals surface area (Å²) in [5, 5.41) is 11.4. The van der Waals surface area contributed by atoms with Crippen LogP contribution in [0.3, 0.4) is 0 Å². The Balaban J connectivity index is 2.95. The molecule has 0 radical (unpaired) electrons. The van der Waals surface area contributed by atoms with Gasteiger partial charge in [-0.05, 0) is 24.6 Å². The summed E-state index contributed by atoms with van der Waals surface area (Å²) >= 11 is 0. The van der Waals surface area contributed by atoms with Crippen LogP contribution in [0.1, 0.15) is 22.3 Å². The maximum atomic E-state index is 11.2. The summed E-state index contributed by atoms with van der Waals surface area (Å²) in [6, 6.07) is 4.52. The molecule has 82 valence electrons. The van der Waals surface area contributed by atoms with Crippen molar-refractivity contribution in [2.45, 2.75) is 13.3 Å². The molecule has 4 heteroatoms. The number of benzene rings is 1. The summed E-state index contributed by atoms with van der Waals surface area (Å²) in [6.07, 6.45) is 4.96. The molecule has 0 unspecified atom stereocenters. The van der Waals surface area contributed by atoms with Crippen molar-refractivity contribution in [1.82, 2.24) is 0 Å². The van der Waals surface area contributed by atoms with Gasteiger partial charge in [-0.2, -0.15) is 0 Å². The molecule has 0 spiro atoms. The summed E-state index contributed by atoms with van der Waals surface area (Å²) in [7, 11) is 0. The summed E-state index contributed by atoms with van der Waals surface area (Å²) in [6.45, 7) is 1.77. The third kappa shape index (κ3) is 2.85. The van der Waals surface area contributed by atoms with E-state index in [1.165, 1.54) is 12.1 Å². The van der Waals surface area contributed by atoms with Gasteiger partial charge in [-0.1, -0.05) is 12.0 Å². The highest BCUT2D eigenvalue weighted by molar-refractivity contribution is 5.95. The molecule has 0 aliphatic carbocycles. The van der Waals surface area contributed by atoms with Crippen LogP contribution < -0.4 is 5.32 Å². The minimum Gasteiger partial charge on any atom is -0.478 e. The lowest BCUT2D eigenvalue weighted by atomic mass is 10.1. The first kappa shape index (κ1) is 11.8. The molecule has 0 heterocycles. The molecule has 1 rings (SSSR count). The van der Waals surface area contributed by atoms with Crippen molar-refractivity contribution in [2.24, 2.45) is 0 Å². The Kier molecular flexibility index (Phi) is 3.67. The molecule has 0 aliphatic heterocycles. The van der Waals surface area contributed by atoms with Gasteiger partial charge in [0.25, 0.3) is 0 Å². The lowest BCUT2D eigenvalue weighted by Crippen LogP contribution is -2.12. The number of carbonyl (C=O) groups excluding carboxylic acids is 1. The summed E-state index contributed by atoms with van der Waals surface area (Å²) in [5.74, 6) is 0.856. The summed E-state index contributed by atoms with van der Waals surface area (Å²) in [4.78, 5) is 22.0. The first-order chi connectivity index (χ1) is 7.54. The third-order valence-corrected chi connectivity index (χ3v) is 2.02. The van der Waals surface area contributed by atoms with Crippen LogP contribution in [0.25, 0.3) is 0 Å². The van der Waals surface area contributed by atoms with Crippen molar-refractivity contribution in [2.75, 3.05) is 5.32 Å². The fraction of sp³-hybridized carbons (Fsp3) is 0.167. The molecule has 1 aromatic rings. The normalized spacial score (nSPS) is 9.25. The molecule has 4 nitrogen and oxygen atoms in total. The fourth-order valence-electron chi connectivity index (χ4n) is 1.18. The number of anilines is 1. The number of nitrogens with one attached hydrogen (secondary N) is 1. The van der Waals surface area contributed by atoms with Gasteiger partial charge in [0.05, 0.1) is 12.0 Å². The Hall–Kier alpha value is -2.28. The maximum Gasteiger partial charge on any atom is 0.335 e. The first-order valence-corrected chi connectivity index (χ1v) is 4.62. The predicted octanol–water partition coefficient (Wildman–Crippen LogP) is 1.66. The van der Waals surface area contributed by atoms with E-state index in [1.807, 2.05) is 0 Å². The zero-order chi connectivity index (χ0) is 12.1. The number of terminal acetylenes is 1. The molecular weight excluding hydrogens is 206 g/mol. The van der Waals surface area contributed by atoms with Gasteiger partial charge >= 0.3 is 5.97 Å². The van der Waals surface area contributed by atoms with Crippen LogP contribution >= 0.6 is 0 Å². The van der Waals surface area contributed by atoms with Gasteiger partial charge in [0.15, 0.2) is 0 Å². The Labute approximate surface area is 93.3 Å². The minimum absolute atomic E-state index is 0.0310. The van der Waals surface area contributed by atoms with Crippen LogP contribution in [0.5, 0.6) is 0 Å². The Morgan fingerprint density at radius 1 is 1.50 bits per heavy atom. The molecule has 0 saturated heterocycles. The minimum atomic E-state index is -1.03. The van der Waals surface area contributed by atoms with Crippen molar-refractivity contribution < 1.29 is 14.7 Å². The standard InChI is InChI=1S/C12H11NO3/c1-3-4-11(14)13-10-7-9(12(15)16)6-5-8(10)2/h1,5-7H,4H2,2H3,(H,13,14)(H,15,16). The highest BCUT2D eigenvalue weighted by atomic mass is 16.4. The smallest absolute Gasteiger partial charge is 0.335 e. The van der Waals surface area contributed by atoms with Crippen molar-refractivity contribution in [3.05, 3.63) is 29.3 Å². The van der Waals surface area contributed by atoms with E-state index in [1.54, 1.807) is 13.0 Å². The molecule has 1 amide bonds. The van der Waals surface area contributed by atoms with E-state index in [2.05, 4.69) is 11.2 Å². The van der Waals surface area contributed by atoms with Gasteiger partial charge in [0.1, 0.15) is 0 Å². The SMILES string of the molecule is C#CCC(=O)Nc1cc(C(=O)O)ccc1C. The Morgan fingerprint density at radius 2 is 2.19 bits per heavy atom. The van der Waals surface area contributed by atoms with E-state index < -0.39 is 5.97 Å². The first-order valence-electron chi connectivity index (χ1n) is 4.62. The van der Waals surface area contributed by atoms with E-state index in [4.69, 9.17) is 11.5 Å². The monoisotopic (exact) mass is 217 g/mol. The topological polar surface area (TPSA) is 66.4 Å². The number of carbonyl (C=O) groups is 2. The third-order valence-electron chi connectivity index (χ3n) is 2.02. The number of aryl methyl sites for hydroxylation is 1. The lowest BCUT2D eigenvalue weighted by molar-refractivity contribution is -0.115. The number of amides is 1. The number of rotatable bonds is 3. The van der Waals surface area contributed by atoms with E-state index >= 15 is 0 Å². The molecular formula is C12H11NO3. The molecule has 0 atom stereocenters. The van der Waals surface area contributed by atoms with Crippen molar-refractivity contribution in [3.8, 4) is 12.3 Å². The predicted molar refractivity (Wildman–Crippen MR) is 60.2 cm³/mol. The van der Waals surface area contributed by atoms with Gasteiger partial charge in [0, 0.05) is 5.69 Å². The number of aromatic carboxylic acids is 1. The zero-order valence-corrected chi connectivity index (χ0v) is 8.78. The zero-order valence-electron chi connectivity index (χ0n) is 8.78. The number of carboxylic acid groups (broad SMARTS) is 1. The molecule has 0 aromatic heterocycles. The van der Waals surface area contributed by atoms with E-state index in [0.29, 0.717) is 5.69 Å². The van der Waals surface area contributed by atoms with Crippen LogP contribution in [0.15, 0.2) is 18.2 Å². The van der Waals surface area contributed by atoms with Gasteiger partial charge in [-0.25, -0.2) is 4.79 Å². The lowest BCUT2D eigenvalue weighted by Gasteiger charge is -2.07. The Morgan fingerprint density at radius 3 is 2.75 bits per heavy atom. The van der Waals surface area contributed by atoms with Crippen LogP contribution in [0, 0.1) is 19.3 Å². The maximum absolute atomic E-state index is 11.2. The van der Waals surface area contributed by atoms with Crippen LogP contribution in [-0.4, -0.2) is 17.0 Å². The van der Waals surface area contributed by atoms with E-state index in [9.17, 15) is 9.59 Å². The highest BCUT2D eigenvalue weighted by Gasteiger charge is 2.08. The van der Waals surface area contributed by atoms with E-state index in [-0.39, 0.29) is 17.9 Å². The second kappa shape index (κ2) is 4.99. The summed E-state index contributed by atoms with van der Waals surface area (Å²) in [5.41, 5.74) is 1.39. The second-order valence-electron chi connectivity index (χ2n) is 3.26. The van der Waals surface area contributed by atoms with Gasteiger partial charge in [-0.3, -0.25) is 4.79 Å². The number of hydrogen-bond donors (Lipinski definition) is 2. The molecule has 1 aromatic carbocycles. The van der Waals surface area contributed by atoms with Gasteiger partial charge in [0.2, 0.25) is 5.91 Å². The van der Waals surface area contributed by atoms with Crippen molar-refractivity contribution in [3.63, 3.8) is 0 Å². The highest BCUT2D eigenvalue weighted by Crippen LogP contribution is 2.17.